The van der Waals surface area contributed by atoms with Crippen molar-refractivity contribution in [3.63, 3.8) is 0 Å². The van der Waals surface area contributed by atoms with Gasteiger partial charge in [-0.3, -0.25) is 4.79 Å². The highest BCUT2D eigenvalue weighted by atomic mass is 35.5. The lowest BCUT2D eigenvalue weighted by Gasteiger charge is -2.21. The first kappa shape index (κ1) is 21.0. The molecule has 5 nitrogen and oxygen atoms in total. The molecule has 1 aliphatic rings. The first-order valence-corrected chi connectivity index (χ1v) is 11.4. The Kier molecular flexibility index (Phi) is 6.77. The Bertz CT molecular complexity index is 1020. The number of benzene rings is 2. The number of aryl methyl sites for hydroxylation is 1. The van der Waals surface area contributed by atoms with E-state index >= 15 is 0 Å². The molecule has 0 aliphatic carbocycles. The van der Waals surface area contributed by atoms with Gasteiger partial charge in [0, 0.05) is 29.9 Å². The van der Waals surface area contributed by atoms with Crippen LogP contribution in [0.2, 0.25) is 5.15 Å². The minimum Gasteiger partial charge on any atom is -0.381 e. The summed E-state index contributed by atoms with van der Waals surface area (Å²) in [5.41, 5.74) is 3.74. The minimum atomic E-state index is -0.256. The predicted octanol–water partition coefficient (Wildman–Crippen LogP) is 5.50. The summed E-state index contributed by atoms with van der Waals surface area (Å²) in [6.07, 6.45) is 2.20. The number of thioether (sulfide) groups is 1. The average molecular weight is 442 g/mol. The number of aromatic nitrogens is 2. The van der Waals surface area contributed by atoms with E-state index in [0.717, 1.165) is 43.2 Å². The smallest absolute Gasteiger partial charge is 0.260 e. The van der Waals surface area contributed by atoms with Crippen molar-refractivity contribution in [1.82, 2.24) is 9.78 Å². The summed E-state index contributed by atoms with van der Waals surface area (Å²) in [5, 5.41) is 8.38. The van der Waals surface area contributed by atoms with Gasteiger partial charge >= 0.3 is 0 Å². The molecule has 0 radical (unpaired) electrons. The molecule has 0 saturated carbocycles. The SMILES string of the molecule is Cc1nn(-c2ccccc2)c(Cl)c1C(=O)Nc1cccc(CSC2CCOCC2)c1. The second-order valence-electron chi connectivity index (χ2n) is 7.28. The summed E-state index contributed by atoms with van der Waals surface area (Å²) in [4.78, 5) is 12.9. The van der Waals surface area contributed by atoms with Gasteiger partial charge in [-0.1, -0.05) is 41.9 Å². The van der Waals surface area contributed by atoms with E-state index in [1.165, 1.54) is 5.56 Å². The van der Waals surface area contributed by atoms with Crippen LogP contribution in [0.4, 0.5) is 5.69 Å². The van der Waals surface area contributed by atoms with E-state index in [0.29, 0.717) is 21.7 Å². The van der Waals surface area contributed by atoms with Crippen LogP contribution in [0.3, 0.4) is 0 Å². The van der Waals surface area contributed by atoms with Gasteiger partial charge in [0.05, 0.1) is 11.4 Å². The lowest BCUT2D eigenvalue weighted by molar-refractivity contribution is 0.1000. The molecule has 0 unspecified atom stereocenters. The molecule has 7 heteroatoms. The van der Waals surface area contributed by atoms with Gasteiger partial charge in [-0.15, -0.1) is 0 Å². The summed E-state index contributed by atoms with van der Waals surface area (Å²) in [6, 6.07) is 17.5. The Morgan fingerprint density at radius 3 is 2.73 bits per heavy atom. The van der Waals surface area contributed by atoms with E-state index in [1.807, 2.05) is 60.3 Å². The zero-order chi connectivity index (χ0) is 20.9. The topological polar surface area (TPSA) is 56.2 Å². The van der Waals surface area contributed by atoms with Crippen LogP contribution in [0.25, 0.3) is 5.69 Å². The van der Waals surface area contributed by atoms with Gasteiger partial charge in [-0.25, -0.2) is 4.68 Å². The van der Waals surface area contributed by atoms with Gasteiger partial charge < -0.3 is 10.1 Å². The zero-order valence-electron chi connectivity index (χ0n) is 16.8. The highest BCUT2D eigenvalue weighted by molar-refractivity contribution is 7.99. The van der Waals surface area contributed by atoms with Crippen molar-refractivity contribution >= 4 is 35.0 Å². The Labute approximate surface area is 185 Å². The Hall–Kier alpha value is -2.28. The van der Waals surface area contributed by atoms with E-state index in [2.05, 4.69) is 16.5 Å². The lowest BCUT2D eigenvalue weighted by Crippen LogP contribution is -2.17. The number of para-hydroxylation sites is 1. The van der Waals surface area contributed by atoms with Gasteiger partial charge in [0.1, 0.15) is 10.7 Å². The number of nitrogens with zero attached hydrogens (tertiary/aromatic N) is 2. The molecule has 4 rings (SSSR count). The second-order valence-corrected chi connectivity index (χ2v) is 8.92. The fourth-order valence-electron chi connectivity index (χ4n) is 3.49. The average Bonchev–Trinajstić information content (AvgIpc) is 3.08. The Balaban J connectivity index is 1.46. The van der Waals surface area contributed by atoms with Crippen molar-refractivity contribution in [1.29, 1.82) is 0 Å². The molecule has 156 valence electrons. The van der Waals surface area contributed by atoms with E-state index in [-0.39, 0.29) is 5.91 Å². The monoisotopic (exact) mass is 441 g/mol. The molecule has 1 amide bonds. The lowest BCUT2D eigenvalue weighted by atomic mass is 10.2. The molecule has 0 atom stereocenters. The third kappa shape index (κ3) is 4.89. The van der Waals surface area contributed by atoms with E-state index in [4.69, 9.17) is 16.3 Å². The summed E-state index contributed by atoms with van der Waals surface area (Å²) in [5.74, 6) is 0.661. The summed E-state index contributed by atoms with van der Waals surface area (Å²) in [6.45, 7) is 3.50. The molecular weight excluding hydrogens is 418 g/mol. The molecule has 1 N–H and O–H groups in total. The fraction of sp³-hybridized carbons (Fsp3) is 0.304. The molecule has 0 spiro atoms. The first-order chi connectivity index (χ1) is 14.6. The number of carbonyl (C=O) groups is 1. The maximum atomic E-state index is 12.9. The number of rotatable bonds is 6. The normalized spacial score (nSPS) is 14.6. The van der Waals surface area contributed by atoms with Gasteiger partial charge in [-0.2, -0.15) is 16.9 Å². The van der Waals surface area contributed by atoms with Crippen LogP contribution in [-0.2, 0) is 10.5 Å². The molecule has 1 saturated heterocycles. The zero-order valence-corrected chi connectivity index (χ0v) is 18.4. The number of ether oxygens (including phenoxy) is 1. The Morgan fingerprint density at radius 2 is 1.97 bits per heavy atom. The second kappa shape index (κ2) is 9.69. The van der Waals surface area contributed by atoms with E-state index < -0.39 is 0 Å². The van der Waals surface area contributed by atoms with Crippen molar-refractivity contribution in [2.75, 3.05) is 18.5 Å². The van der Waals surface area contributed by atoms with E-state index in [1.54, 1.807) is 11.6 Å². The Morgan fingerprint density at radius 1 is 1.20 bits per heavy atom. The van der Waals surface area contributed by atoms with Crippen molar-refractivity contribution in [3.8, 4) is 5.69 Å². The quantitative estimate of drug-likeness (QED) is 0.548. The number of amides is 1. The van der Waals surface area contributed by atoms with Gasteiger partial charge in [-0.05, 0) is 49.6 Å². The van der Waals surface area contributed by atoms with Crippen molar-refractivity contribution in [2.24, 2.45) is 0 Å². The van der Waals surface area contributed by atoms with Crippen LogP contribution < -0.4 is 5.32 Å². The predicted molar refractivity (Wildman–Crippen MR) is 123 cm³/mol. The third-order valence-corrected chi connectivity index (χ3v) is 6.86. The van der Waals surface area contributed by atoms with E-state index in [9.17, 15) is 4.79 Å². The van der Waals surface area contributed by atoms with Gasteiger partial charge in [0.2, 0.25) is 0 Å². The molecule has 30 heavy (non-hydrogen) atoms. The van der Waals surface area contributed by atoms with Crippen molar-refractivity contribution in [3.05, 3.63) is 76.6 Å². The first-order valence-electron chi connectivity index (χ1n) is 10.0. The molecule has 2 aromatic carbocycles. The maximum Gasteiger partial charge on any atom is 0.260 e. The van der Waals surface area contributed by atoms with Crippen LogP contribution in [0.1, 0.15) is 34.5 Å². The molecule has 1 aliphatic heterocycles. The van der Waals surface area contributed by atoms with Crippen molar-refractivity contribution < 1.29 is 9.53 Å². The highest BCUT2D eigenvalue weighted by Gasteiger charge is 2.21. The van der Waals surface area contributed by atoms with Gasteiger partial charge in [0.15, 0.2) is 0 Å². The number of hydrogen-bond donors (Lipinski definition) is 1. The largest absolute Gasteiger partial charge is 0.381 e. The van der Waals surface area contributed by atoms with Crippen LogP contribution in [-0.4, -0.2) is 34.2 Å². The summed E-state index contributed by atoms with van der Waals surface area (Å²) >= 11 is 8.47. The standard InChI is InChI=1S/C23H24ClN3O2S/c1-16-21(22(24)27(26-16)19-8-3-2-4-9-19)23(28)25-18-7-5-6-17(14-18)15-30-20-10-12-29-13-11-20/h2-9,14,20H,10-13,15H2,1H3,(H,25,28). The van der Waals surface area contributed by atoms with Gasteiger partial charge in [0.25, 0.3) is 5.91 Å². The number of carbonyl (C=O) groups excluding carboxylic acids is 1. The van der Waals surface area contributed by atoms with Crippen LogP contribution in [0, 0.1) is 6.92 Å². The molecule has 0 bridgehead atoms. The number of halogens is 1. The molecule has 1 aromatic heterocycles. The minimum absolute atomic E-state index is 0.256. The summed E-state index contributed by atoms with van der Waals surface area (Å²) in [7, 11) is 0. The summed E-state index contributed by atoms with van der Waals surface area (Å²) < 4.78 is 7.02. The van der Waals surface area contributed by atoms with Crippen LogP contribution >= 0.6 is 23.4 Å². The van der Waals surface area contributed by atoms with Crippen LogP contribution in [0.5, 0.6) is 0 Å². The maximum absolute atomic E-state index is 12.9. The molecule has 1 fully saturated rings. The number of nitrogens with one attached hydrogen (secondary N) is 1. The fourth-order valence-corrected chi connectivity index (χ4v) is 4.98. The third-order valence-electron chi connectivity index (χ3n) is 5.07. The highest BCUT2D eigenvalue weighted by Crippen LogP contribution is 2.28. The molecule has 3 aromatic rings. The van der Waals surface area contributed by atoms with Crippen molar-refractivity contribution in [2.45, 2.75) is 30.8 Å². The molecule has 2 heterocycles. The molecular formula is C23H24ClN3O2S. The van der Waals surface area contributed by atoms with Crippen LogP contribution in [0.15, 0.2) is 54.6 Å². The number of hydrogen-bond acceptors (Lipinski definition) is 4. The number of anilines is 1.